The van der Waals surface area contributed by atoms with Crippen LogP contribution in [0.3, 0.4) is 0 Å². The summed E-state index contributed by atoms with van der Waals surface area (Å²) in [4.78, 5) is 54.4. The van der Waals surface area contributed by atoms with Gasteiger partial charge in [0.05, 0.1) is 6.04 Å². The maximum atomic E-state index is 15.1. The third-order valence-electron chi connectivity index (χ3n) is 7.56. The lowest BCUT2D eigenvalue weighted by atomic mass is 10.0. The summed E-state index contributed by atoms with van der Waals surface area (Å²) in [6, 6.07) is 10.2. The first kappa shape index (κ1) is 27.3. The van der Waals surface area contributed by atoms with Crippen LogP contribution in [0.4, 0.5) is 4.39 Å². The molecule has 1 saturated carbocycles. The van der Waals surface area contributed by atoms with Gasteiger partial charge in [0.25, 0.3) is 17.7 Å². The molecule has 4 rings (SSSR count). The zero-order valence-electron chi connectivity index (χ0n) is 22.5. The molecule has 2 aromatic carbocycles. The van der Waals surface area contributed by atoms with Gasteiger partial charge in [-0.1, -0.05) is 12.1 Å². The van der Waals surface area contributed by atoms with Gasteiger partial charge in [-0.3, -0.25) is 19.2 Å². The molecule has 0 spiro atoms. The summed E-state index contributed by atoms with van der Waals surface area (Å²) >= 11 is 0. The molecule has 3 atom stereocenters. The van der Waals surface area contributed by atoms with E-state index in [1.54, 1.807) is 50.2 Å². The number of amides is 4. The number of hydrogen-bond acceptors (Lipinski definition) is 4. The maximum absolute atomic E-state index is 15.1. The Morgan fingerprint density at radius 2 is 1.61 bits per heavy atom. The largest absolute Gasteiger partial charge is 0.347 e. The molecule has 202 valence electrons. The van der Waals surface area contributed by atoms with Crippen LogP contribution in [0.15, 0.2) is 42.5 Å². The van der Waals surface area contributed by atoms with Crippen molar-refractivity contribution in [1.82, 2.24) is 20.4 Å². The third kappa shape index (κ3) is 5.42. The summed E-state index contributed by atoms with van der Waals surface area (Å²) in [7, 11) is 3.25. The predicted molar refractivity (Wildman–Crippen MR) is 141 cm³/mol. The summed E-state index contributed by atoms with van der Waals surface area (Å²) < 4.78 is 15.1. The summed E-state index contributed by atoms with van der Waals surface area (Å²) in [5.74, 6) is -1.86. The van der Waals surface area contributed by atoms with Crippen LogP contribution in [-0.2, 0) is 4.79 Å². The number of nitrogens with zero attached hydrogens (tertiary/aromatic N) is 2. The fraction of sp³-hybridized carbons (Fsp3) is 0.448. The van der Waals surface area contributed by atoms with Crippen molar-refractivity contribution >= 4 is 23.6 Å². The van der Waals surface area contributed by atoms with Crippen LogP contribution in [-0.4, -0.2) is 65.1 Å². The molecule has 2 unspecified atom stereocenters. The molecule has 4 amide bonds. The highest BCUT2D eigenvalue weighted by Crippen LogP contribution is 2.37. The van der Waals surface area contributed by atoms with Gasteiger partial charge in [-0.2, -0.15) is 0 Å². The summed E-state index contributed by atoms with van der Waals surface area (Å²) in [6.45, 7) is 5.66. The van der Waals surface area contributed by atoms with Crippen molar-refractivity contribution in [2.45, 2.75) is 70.1 Å². The van der Waals surface area contributed by atoms with Crippen molar-refractivity contribution in [2.75, 3.05) is 14.1 Å². The number of carbonyl (C=O) groups is 4. The number of likely N-dealkylation sites (tertiary alicyclic amines) is 1. The van der Waals surface area contributed by atoms with Crippen molar-refractivity contribution in [3.05, 3.63) is 70.5 Å². The highest BCUT2D eigenvalue weighted by molar-refractivity contribution is 6.03. The number of benzene rings is 2. The molecule has 0 aromatic heterocycles. The van der Waals surface area contributed by atoms with E-state index >= 15 is 4.39 Å². The van der Waals surface area contributed by atoms with Crippen LogP contribution >= 0.6 is 0 Å². The maximum Gasteiger partial charge on any atom is 0.254 e. The van der Waals surface area contributed by atoms with Gasteiger partial charge in [0.15, 0.2) is 0 Å². The minimum atomic E-state index is -1.08. The lowest BCUT2D eigenvalue weighted by Crippen LogP contribution is -2.49. The number of rotatable bonds is 7. The Balaban J connectivity index is 1.41. The molecule has 2 fully saturated rings. The number of nitrogens with one attached hydrogen (secondary N) is 2. The van der Waals surface area contributed by atoms with Gasteiger partial charge < -0.3 is 20.4 Å². The van der Waals surface area contributed by atoms with Crippen LogP contribution in [0, 0.1) is 5.82 Å². The first-order valence-electron chi connectivity index (χ1n) is 13.0. The van der Waals surface area contributed by atoms with Gasteiger partial charge in [-0.05, 0) is 76.8 Å². The molecule has 2 aliphatic rings. The fourth-order valence-electron chi connectivity index (χ4n) is 5.04. The first-order chi connectivity index (χ1) is 17.9. The lowest BCUT2D eigenvalue weighted by molar-refractivity contribution is -0.124. The van der Waals surface area contributed by atoms with E-state index in [-0.39, 0.29) is 40.6 Å². The zero-order valence-corrected chi connectivity index (χ0v) is 22.5. The Labute approximate surface area is 222 Å². The van der Waals surface area contributed by atoms with E-state index < -0.39 is 29.2 Å². The van der Waals surface area contributed by atoms with Crippen LogP contribution < -0.4 is 10.6 Å². The molecule has 2 N–H and O–H groups in total. The molecular weight excluding hydrogens is 487 g/mol. The van der Waals surface area contributed by atoms with Crippen molar-refractivity contribution in [2.24, 2.45) is 0 Å². The molecule has 38 heavy (non-hydrogen) atoms. The van der Waals surface area contributed by atoms with Crippen LogP contribution in [0.1, 0.15) is 89.1 Å². The molecule has 8 nitrogen and oxygen atoms in total. The Morgan fingerprint density at radius 3 is 2.18 bits per heavy atom. The molecule has 0 bridgehead atoms. The summed E-state index contributed by atoms with van der Waals surface area (Å²) in [5.41, 5.74) is 0.108. The van der Waals surface area contributed by atoms with Crippen LogP contribution in [0.5, 0.6) is 0 Å². The molecule has 2 aromatic rings. The number of halogens is 1. The van der Waals surface area contributed by atoms with E-state index in [4.69, 9.17) is 0 Å². The SMILES string of the molecule is CC1CCC(C)N1C(=O)c1ccc([C@@H](C)NC(=O)C2(NC(=O)c3cccc(C(=O)N(C)C)c3)CC2)c(F)c1. The highest BCUT2D eigenvalue weighted by atomic mass is 19.1. The van der Waals surface area contributed by atoms with Crippen molar-refractivity contribution in [3.63, 3.8) is 0 Å². The van der Waals surface area contributed by atoms with Crippen molar-refractivity contribution in [3.8, 4) is 0 Å². The van der Waals surface area contributed by atoms with E-state index in [9.17, 15) is 19.2 Å². The molecule has 1 saturated heterocycles. The number of hydrogen-bond donors (Lipinski definition) is 2. The smallest absolute Gasteiger partial charge is 0.254 e. The van der Waals surface area contributed by atoms with Gasteiger partial charge in [0, 0.05) is 48.4 Å². The average molecular weight is 523 g/mol. The predicted octanol–water partition coefficient (Wildman–Crippen LogP) is 3.68. The second-order valence-electron chi connectivity index (χ2n) is 10.7. The second kappa shape index (κ2) is 10.6. The molecule has 1 heterocycles. The highest BCUT2D eigenvalue weighted by Gasteiger charge is 2.51. The normalized spacial score (nSPS) is 20.4. The Morgan fingerprint density at radius 1 is 0.974 bits per heavy atom. The molecule has 9 heteroatoms. The van der Waals surface area contributed by atoms with Gasteiger partial charge in [-0.25, -0.2) is 4.39 Å². The van der Waals surface area contributed by atoms with Gasteiger partial charge >= 0.3 is 0 Å². The third-order valence-corrected chi connectivity index (χ3v) is 7.56. The minimum absolute atomic E-state index is 0.110. The Bertz CT molecular complexity index is 1260. The molecule has 1 aliphatic carbocycles. The van der Waals surface area contributed by atoms with E-state index in [0.29, 0.717) is 18.4 Å². The monoisotopic (exact) mass is 522 g/mol. The topological polar surface area (TPSA) is 98.8 Å². The van der Waals surface area contributed by atoms with Gasteiger partial charge in [0.2, 0.25) is 5.91 Å². The Kier molecular flexibility index (Phi) is 7.58. The first-order valence-corrected chi connectivity index (χ1v) is 13.0. The fourth-order valence-corrected chi connectivity index (χ4v) is 5.04. The number of carbonyl (C=O) groups excluding carboxylic acids is 4. The van der Waals surface area contributed by atoms with Crippen LogP contribution in [0.2, 0.25) is 0 Å². The van der Waals surface area contributed by atoms with Gasteiger partial charge in [-0.15, -0.1) is 0 Å². The van der Waals surface area contributed by atoms with E-state index in [1.165, 1.54) is 23.1 Å². The van der Waals surface area contributed by atoms with E-state index in [1.807, 2.05) is 13.8 Å². The van der Waals surface area contributed by atoms with E-state index in [2.05, 4.69) is 10.6 Å². The van der Waals surface area contributed by atoms with Gasteiger partial charge in [0.1, 0.15) is 11.4 Å². The summed E-state index contributed by atoms with van der Waals surface area (Å²) in [6.07, 6.45) is 2.76. The molecular formula is C29H35FN4O4. The van der Waals surface area contributed by atoms with E-state index in [0.717, 1.165) is 12.8 Å². The standard InChI is InChI=1S/C29H35FN4O4/c1-17-9-10-18(2)34(17)27(37)22-11-12-23(24(30)16-22)19(3)31-28(38)29(13-14-29)32-25(35)20-7-6-8-21(15-20)26(36)33(4)5/h6-8,11-12,15-19H,9-10,13-14H2,1-5H3,(H,31,38)(H,32,35)/t17?,18?,19-/m1/s1. The second-order valence-corrected chi connectivity index (χ2v) is 10.7. The summed E-state index contributed by atoms with van der Waals surface area (Å²) in [5, 5.41) is 5.60. The Hall–Kier alpha value is -3.75. The lowest BCUT2D eigenvalue weighted by Gasteiger charge is -2.27. The minimum Gasteiger partial charge on any atom is -0.347 e. The van der Waals surface area contributed by atoms with Crippen molar-refractivity contribution in [1.29, 1.82) is 0 Å². The van der Waals surface area contributed by atoms with Crippen molar-refractivity contribution < 1.29 is 23.6 Å². The molecule has 1 aliphatic heterocycles. The zero-order chi connectivity index (χ0) is 27.8. The quantitative estimate of drug-likeness (QED) is 0.580. The average Bonchev–Trinajstić information content (AvgIpc) is 3.59. The van der Waals surface area contributed by atoms with Crippen LogP contribution in [0.25, 0.3) is 0 Å². The molecule has 0 radical (unpaired) electrons.